The third-order valence-electron chi connectivity index (χ3n) is 2.60. The summed E-state index contributed by atoms with van der Waals surface area (Å²) in [6, 6.07) is 5.50. The number of esters is 1. The van der Waals surface area contributed by atoms with Crippen molar-refractivity contribution in [2.24, 2.45) is 5.92 Å². The second-order valence-electron chi connectivity index (χ2n) is 4.67. The third-order valence-corrected chi connectivity index (χ3v) is 2.88. The molecule has 1 aromatic rings. The SMILES string of the molecule is Cc1ccc(S)cc1C(=O)OCCCC(C)C. The standard InChI is InChI=1S/C14H20O2S/c1-10(2)5-4-8-16-14(15)13-9-12(17)7-6-11(13)3/h6-7,9-10,17H,4-5,8H2,1-3H3. The molecule has 1 aromatic carbocycles. The molecule has 0 fully saturated rings. The van der Waals surface area contributed by atoms with Crippen LogP contribution in [0.15, 0.2) is 23.1 Å². The molecule has 2 nitrogen and oxygen atoms in total. The summed E-state index contributed by atoms with van der Waals surface area (Å²) < 4.78 is 5.24. The second kappa shape index (κ2) is 6.70. The van der Waals surface area contributed by atoms with Gasteiger partial charge in [0.05, 0.1) is 12.2 Å². The number of carbonyl (C=O) groups excluding carboxylic acids is 1. The van der Waals surface area contributed by atoms with Crippen molar-refractivity contribution in [2.75, 3.05) is 6.61 Å². The van der Waals surface area contributed by atoms with Gasteiger partial charge < -0.3 is 4.74 Å². The van der Waals surface area contributed by atoms with Crippen molar-refractivity contribution in [1.82, 2.24) is 0 Å². The van der Waals surface area contributed by atoms with Crippen molar-refractivity contribution in [2.45, 2.75) is 38.5 Å². The van der Waals surface area contributed by atoms with Gasteiger partial charge >= 0.3 is 5.97 Å². The normalized spacial score (nSPS) is 10.6. The molecule has 0 saturated heterocycles. The minimum absolute atomic E-state index is 0.248. The van der Waals surface area contributed by atoms with Gasteiger partial charge in [-0.15, -0.1) is 12.6 Å². The zero-order chi connectivity index (χ0) is 12.8. The smallest absolute Gasteiger partial charge is 0.338 e. The maximum absolute atomic E-state index is 11.8. The molecule has 0 radical (unpaired) electrons. The van der Waals surface area contributed by atoms with E-state index in [0.29, 0.717) is 18.1 Å². The predicted molar refractivity (Wildman–Crippen MR) is 72.8 cm³/mol. The van der Waals surface area contributed by atoms with Gasteiger partial charge in [0.15, 0.2) is 0 Å². The van der Waals surface area contributed by atoms with Crippen LogP contribution in [0.5, 0.6) is 0 Å². The quantitative estimate of drug-likeness (QED) is 0.489. The molecule has 0 aliphatic carbocycles. The first-order valence-corrected chi connectivity index (χ1v) is 6.42. The summed E-state index contributed by atoms with van der Waals surface area (Å²) in [6.07, 6.45) is 2.00. The molecular formula is C14H20O2S. The highest BCUT2D eigenvalue weighted by Gasteiger charge is 2.10. The van der Waals surface area contributed by atoms with Crippen LogP contribution in [0.3, 0.4) is 0 Å². The molecule has 0 atom stereocenters. The molecule has 0 amide bonds. The highest BCUT2D eigenvalue weighted by molar-refractivity contribution is 7.80. The number of aryl methyl sites for hydroxylation is 1. The number of carbonyl (C=O) groups is 1. The lowest BCUT2D eigenvalue weighted by Crippen LogP contribution is -2.08. The Morgan fingerprint density at radius 3 is 2.76 bits per heavy atom. The van der Waals surface area contributed by atoms with E-state index >= 15 is 0 Å². The first-order chi connectivity index (χ1) is 8.00. The van der Waals surface area contributed by atoms with Crippen LogP contribution in [0.25, 0.3) is 0 Å². The van der Waals surface area contributed by atoms with Crippen molar-refractivity contribution < 1.29 is 9.53 Å². The van der Waals surface area contributed by atoms with E-state index in [1.165, 1.54) is 0 Å². The Kier molecular flexibility index (Phi) is 5.56. The summed E-state index contributed by atoms with van der Waals surface area (Å²) in [5, 5.41) is 0. The highest BCUT2D eigenvalue weighted by atomic mass is 32.1. The molecule has 0 aliphatic heterocycles. The Morgan fingerprint density at radius 2 is 2.12 bits per heavy atom. The van der Waals surface area contributed by atoms with E-state index in [-0.39, 0.29) is 5.97 Å². The molecule has 0 aliphatic rings. The summed E-state index contributed by atoms with van der Waals surface area (Å²) in [6.45, 7) is 6.72. The van der Waals surface area contributed by atoms with Crippen LogP contribution in [-0.4, -0.2) is 12.6 Å². The molecule has 1 rings (SSSR count). The minimum atomic E-state index is -0.248. The topological polar surface area (TPSA) is 26.3 Å². The van der Waals surface area contributed by atoms with Gasteiger partial charge in [0.1, 0.15) is 0 Å². The number of ether oxygens (including phenoxy) is 1. The number of thiol groups is 1. The van der Waals surface area contributed by atoms with Crippen LogP contribution >= 0.6 is 12.6 Å². The van der Waals surface area contributed by atoms with Crippen molar-refractivity contribution >= 4 is 18.6 Å². The maximum atomic E-state index is 11.8. The zero-order valence-electron chi connectivity index (χ0n) is 10.7. The zero-order valence-corrected chi connectivity index (χ0v) is 11.6. The minimum Gasteiger partial charge on any atom is -0.462 e. The van der Waals surface area contributed by atoms with Crippen LogP contribution in [0.2, 0.25) is 0 Å². The Labute approximate surface area is 109 Å². The van der Waals surface area contributed by atoms with Gasteiger partial charge in [0.2, 0.25) is 0 Å². The van der Waals surface area contributed by atoms with Crippen LogP contribution in [0.4, 0.5) is 0 Å². The summed E-state index contributed by atoms with van der Waals surface area (Å²) in [7, 11) is 0. The Morgan fingerprint density at radius 1 is 1.41 bits per heavy atom. The van der Waals surface area contributed by atoms with Crippen molar-refractivity contribution in [3.8, 4) is 0 Å². The van der Waals surface area contributed by atoms with E-state index in [4.69, 9.17) is 4.74 Å². The Balaban J connectivity index is 2.49. The van der Waals surface area contributed by atoms with Gasteiger partial charge in [-0.05, 0) is 43.4 Å². The summed E-state index contributed by atoms with van der Waals surface area (Å²) >= 11 is 4.22. The van der Waals surface area contributed by atoms with Gasteiger partial charge in [0, 0.05) is 4.90 Å². The van der Waals surface area contributed by atoms with Gasteiger partial charge in [-0.3, -0.25) is 0 Å². The number of hydrogen-bond donors (Lipinski definition) is 1. The van der Waals surface area contributed by atoms with Crippen molar-refractivity contribution in [3.05, 3.63) is 29.3 Å². The van der Waals surface area contributed by atoms with E-state index in [1.54, 1.807) is 6.07 Å². The van der Waals surface area contributed by atoms with Crippen LogP contribution in [0.1, 0.15) is 42.6 Å². The van der Waals surface area contributed by atoms with E-state index in [9.17, 15) is 4.79 Å². The molecule has 0 saturated carbocycles. The summed E-state index contributed by atoms with van der Waals surface area (Å²) in [5.74, 6) is 0.401. The summed E-state index contributed by atoms with van der Waals surface area (Å²) in [5.41, 5.74) is 1.54. The second-order valence-corrected chi connectivity index (χ2v) is 5.19. The Bertz CT molecular complexity index is 386. The van der Waals surface area contributed by atoms with Crippen LogP contribution in [0, 0.1) is 12.8 Å². The van der Waals surface area contributed by atoms with Gasteiger partial charge in [-0.1, -0.05) is 19.9 Å². The molecule has 0 N–H and O–H groups in total. The third kappa shape index (κ3) is 4.82. The van der Waals surface area contributed by atoms with Gasteiger partial charge in [-0.25, -0.2) is 4.79 Å². The summed E-state index contributed by atoms with van der Waals surface area (Å²) in [4.78, 5) is 12.6. The van der Waals surface area contributed by atoms with E-state index in [0.717, 1.165) is 23.3 Å². The molecular weight excluding hydrogens is 232 g/mol. The fourth-order valence-electron chi connectivity index (χ4n) is 1.56. The average molecular weight is 252 g/mol. The van der Waals surface area contributed by atoms with Crippen LogP contribution in [-0.2, 0) is 4.74 Å². The molecule has 17 heavy (non-hydrogen) atoms. The number of rotatable bonds is 5. The Hall–Kier alpha value is -0.960. The first-order valence-electron chi connectivity index (χ1n) is 5.97. The molecule has 0 aromatic heterocycles. The molecule has 0 unspecified atom stereocenters. The lowest BCUT2D eigenvalue weighted by atomic mass is 10.1. The van der Waals surface area contributed by atoms with E-state index in [2.05, 4.69) is 26.5 Å². The maximum Gasteiger partial charge on any atom is 0.338 e. The molecule has 0 bridgehead atoms. The molecule has 0 spiro atoms. The van der Waals surface area contributed by atoms with Crippen molar-refractivity contribution in [3.63, 3.8) is 0 Å². The molecule has 3 heteroatoms. The number of benzene rings is 1. The number of hydrogen-bond acceptors (Lipinski definition) is 3. The highest BCUT2D eigenvalue weighted by Crippen LogP contribution is 2.15. The molecule has 0 heterocycles. The first kappa shape index (κ1) is 14.1. The van der Waals surface area contributed by atoms with Gasteiger partial charge in [-0.2, -0.15) is 0 Å². The van der Waals surface area contributed by atoms with E-state index in [1.807, 2.05) is 19.1 Å². The largest absolute Gasteiger partial charge is 0.462 e. The fourth-order valence-corrected chi connectivity index (χ4v) is 1.77. The fraction of sp³-hybridized carbons (Fsp3) is 0.500. The van der Waals surface area contributed by atoms with Crippen LogP contribution < -0.4 is 0 Å². The molecule has 94 valence electrons. The lowest BCUT2D eigenvalue weighted by Gasteiger charge is -2.08. The van der Waals surface area contributed by atoms with E-state index < -0.39 is 0 Å². The predicted octanol–water partition coefficient (Wildman–Crippen LogP) is 3.88. The lowest BCUT2D eigenvalue weighted by molar-refractivity contribution is 0.0493. The van der Waals surface area contributed by atoms with Crippen molar-refractivity contribution in [1.29, 1.82) is 0 Å². The van der Waals surface area contributed by atoms with Gasteiger partial charge in [0.25, 0.3) is 0 Å². The average Bonchev–Trinajstić information content (AvgIpc) is 2.27. The monoisotopic (exact) mass is 252 g/mol.